The number of nitrogens with one attached hydrogen (secondary N) is 1. The molecule has 1 heterocycles. The van der Waals surface area contributed by atoms with E-state index >= 15 is 0 Å². The third kappa shape index (κ3) is 4.87. The van der Waals surface area contributed by atoms with Crippen molar-refractivity contribution in [1.29, 1.82) is 0 Å². The summed E-state index contributed by atoms with van der Waals surface area (Å²) in [6, 6.07) is 11.4. The molecule has 140 valence electrons. The first-order valence-electron chi connectivity index (χ1n) is 8.54. The van der Waals surface area contributed by atoms with Crippen LogP contribution < -0.4 is 14.8 Å². The topological polar surface area (TPSA) is 60.5 Å². The van der Waals surface area contributed by atoms with Crippen molar-refractivity contribution in [2.24, 2.45) is 0 Å². The Labute approximate surface area is 170 Å². The van der Waals surface area contributed by atoms with Crippen LogP contribution in [-0.2, 0) is 4.79 Å². The van der Waals surface area contributed by atoms with Gasteiger partial charge in [-0.3, -0.25) is 10.1 Å². The highest BCUT2D eigenvalue weighted by Gasteiger charge is 2.10. The van der Waals surface area contributed by atoms with E-state index in [1.165, 1.54) is 17.4 Å². The van der Waals surface area contributed by atoms with E-state index < -0.39 is 0 Å². The first kappa shape index (κ1) is 19.4. The molecular formula is C20H19BrN2O3S. The Kier molecular flexibility index (Phi) is 6.47. The largest absolute Gasteiger partial charge is 0.493 e. The molecule has 2 aromatic carbocycles. The third-order valence-electron chi connectivity index (χ3n) is 3.60. The molecule has 27 heavy (non-hydrogen) atoms. The van der Waals surface area contributed by atoms with Crippen LogP contribution in [0.2, 0.25) is 0 Å². The second kappa shape index (κ2) is 9.01. The number of amides is 1. The summed E-state index contributed by atoms with van der Waals surface area (Å²) in [5, 5.41) is 3.34. The average molecular weight is 447 g/mol. The minimum atomic E-state index is -0.255. The van der Waals surface area contributed by atoms with Crippen LogP contribution in [-0.4, -0.2) is 24.1 Å². The minimum absolute atomic E-state index is 0.255. The molecule has 1 aromatic heterocycles. The number of nitrogens with zero attached hydrogens (tertiary/aromatic N) is 1. The maximum Gasteiger partial charge on any atom is 0.250 e. The van der Waals surface area contributed by atoms with E-state index in [9.17, 15) is 4.79 Å². The molecule has 7 heteroatoms. The molecule has 0 aliphatic carbocycles. The molecule has 1 amide bonds. The van der Waals surface area contributed by atoms with Crippen LogP contribution in [0.5, 0.6) is 11.5 Å². The maximum atomic E-state index is 12.3. The first-order valence-corrected chi connectivity index (χ1v) is 10.2. The zero-order chi connectivity index (χ0) is 19.2. The lowest BCUT2D eigenvalue weighted by atomic mass is 10.2. The predicted octanol–water partition coefficient (Wildman–Crippen LogP) is 5.51. The lowest BCUT2D eigenvalue weighted by Crippen LogP contribution is -2.07. The summed E-state index contributed by atoms with van der Waals surface area (Å²) in [5.41, 5.74) is 1.58. The van der Waals surface area contributed by atoms with Crippen molar-refractivity contribution < 1.29 is 14.3 Å². The summed E-state index contributed by atoms with van der Waals surface area (Å²) >= 11 is 4.85. The molecule has 0 aliphatic rings. The van der Waals surface area contributed by atoms with Crippen molar-refractivity contribution in [3.05, 3.63) is 52.5 Å². The van der Waals surface area contributed by atoms with Crippen molar-refractivity contribution in [3.63, 3.8) is 0 Å². The van der Waals surface area contributed by atoms with Crippen molar-refractivity contribution in [2.75, 3.05) is 18.5 Å². The zero-order valence-corrected chi connectivity index (χ0v) is 17.4. The number of carbonyl (C=O) groups excluding carboxylic acids is 1. The number of aromatic nitrogens is 1. The fraction of sp³-hybridized carbons (Fsp3) is 0.200. The molecular weight excluding hydrogens is 428 g/mol. The Morgan fingerprint density at radius 1 is 1.19 bits per heavy atom. The van der Waals surface area contributed by atoms with E-state index in [4.69, 9.17) is 9.47 Å². The van der Waals surface area contributed by atoms with Gasteiger partial charge in [0.1, 0.15) is 17.0 Å². The monoisotopic (exact) mass is 446 g/mol. The number of para-hydroxylation sites is 1. The number of hydrogen-bond acceptors (Lipinski definition) is 5. The van der Waals surface area contributed by atoms with Gasteiger partial charge in [0.05, 0.1) is 17.9 Å². The minimum Gasteiger partial charge on any atom is -0.493 e. The fourth-order valence-electron chi connectivity index (χ4n) is 2.50. The van der Waals surface area contributed by atoms with Gasteiger partial charge >= 0.3 is 0 Å². The number of ether oxygens (including phenoxy) is 2. The van der Waals surface area contributed by atoms with Crippen LogP contribution in [0.15, 0.2) is 46.9 Å². The Hall–Kier alpha value is -2.38. The van der Waals surface area contributed by atoms with Gasteiger partial charge in [0.25, 0.3) is 0 Å². The zero-order valence-electron chi connectivity index (χ0n) is 15.0. The van der Waals surface area contributed by atoms with Gasteiger partial charge < -0.3 is 9.47 Å². The van der Waals surface area contributed by atoms with Gasteiger partial charge in [-0.15, -0.1) is 0 Å². The second-order valence-electron chi connectivity index (χ2n) is 5.49. The molecule has 0 spiro atoms. The van der Waals surface area contributed by atoms with Gasteiger partial charge in [-0.1, -0.05) is 33.3 Å². The van der Waals surface area contributed by atoms with Crippen LogP contribution >= 0.6 is 27.3 Å². The predicted molar refractivity (Wildman–Crippen MR) is 114 cm³/mol. The first-order chi connectivity index (χ1) is 13.1. The van der Waals surface area contributed by atoms with Crippen LogP contribution in [0, 0.1) is 0 Å². The van der Waals surface area contributed by atoms with E-state index in [0.717, 1.165) is 31.8 Å². The van der Waals surface area contributed by atoms with Crippen LogP contribution in [0.4, 0.5) is 5.13 Å². The smallest absolute Gasteiger partial charge is 0.250 e. The molecule has 0 unspecified atom stereocenters. The van der Waals surface area contributed by atoms with Crippen molar-refractivity contribution in [2.45, 2.75) is 13.8 Å². The molecule has 3 rings (SSSR count). The van der Waals surface area contributed by atoms with Gasteiger partial charge in [0.15, 0.2) is 5.13 Å². The lowest BCUT2D eigenvalue weighted by molar-refractivity contribution is -0.111. The Morgan fingerprint density at radius 3 is 2.74 bits per heavy atom. The number of hydrogen-bond donors (Lipinski definition) is 1. The molecule has 0 fully saturated rings. The molecule has 0 aliphatic heterocycles. The van der Waals surface area contributed by atoms with E-state index in [1.807, 2.05) is 50.2 Å². The van der Waals surface area contributed by atoms with Crippen molar-refractivity contribution in [1.82, 2.24) is 4.98 Å². The molecule has 0 saturated heterocycles. The van der Waals surface area contributed by atoms with Crippen LogP contribution in [0.25, 0.3) is 16.3 Å². The van der Waals surface area contributed by atoms with Gasteiger partial charge in [0, 0.05) is 16.1 Å². The van der Waals surface area contributed by atoms with Gasteiger partial charge in [0.2, 0.25) is 5.91 Å². The molecule has 0 saturated carbocycles. The molecule has 0 bridgehead atoms. The van der Waals surface area contributed by atoms with E-state index in [2.05, 4.69) is 26.2 Å². The van der Waals surface area contributed by atoms with E-state index in [0.29, 0.717) is 18.3 Å². The molecule has 5 nitrogen and oxygen atoms in total. The number of rotatable bonds is 7. The maximum absolute atomic E-state index is 12.3. The van der Waals surface area contributed by atoms with E-state index in [1.54, 1.807) is 6.08 Å². The second-order valence-corrected chi connectivity index (χ2v) is 7.44. The highest BCUT2D eigenvalue weighted by Crippen LogP contribution is 2.32. The summed E-state index contributed by atoms with van der Waals surface area (Å²) in [6.45, 7) is 4.97. The molecule has 0 atom stereocenters. The molecule has 1 N–H and O–H groups in total. The molecule has 3 aromatic rings. The van der Waals surface area contributed by atoms with Gasteiger partial charge in [-0.2, -0.15) is 0 Å². The average Bonchev–Trinajstić information content (AvgIpc) is 3.05. The Morgan fingerprint density at radius 2 is 1.96 bits per heavy atom. The van der Waals surface area contributed by atoms with Gasteiger partial charge in [-0.25, -0.2) is 4.98 Å². The highest BCUT2D eigenvalue weighted by atomic mass is 79.9. The summed E-state index contributed by atoms with van der Waals surface area (Å²) in [5.74, 6) is 1.19. The van der Waals surface area contributed by atoms with Gasteiger partial charge in [-0.05, 0) is 50.3 Å². The Bertz CT molecular complexity index is 985. The number of carbonyl (C=O) groups is 1. The number of anilines is 1. The third-order valence-corrected chi connectivity index (χ3v) is 5.03. The van der Waals surface area contributed by atoms with Crippen LogP contribution in [0.1, 0.15) is 19.4 Å². The Balaban J connectivity index is 1.76. The number of fused-ring (bicyclic) bond motifs is 1. The lowest BCUT2D eigenvalue weighted by Gasteiger charge is -2.07. The number of thiazole rings is 1. The van der Waals surface area contributed by atoms with Crippen LogP contribution in [0.3, 0.4) is 0 Å². The summed E-state index contributed by atoms with van der Waals surface area (Å²) in [6.07, 6.45) is 3.20. The summed E-state index contributed by atoms with van der Waals surface area (Å²) < 4.78 is 13.1. The highest BCUT2D eigenvalue weighted by molar-refractivity contribution is 9.10. The SMILES string of the molecule is CCOc1ccc(Br)cc1/C=C/C(=O)Nc1nc2c(OCC)cccc2s1. The normalized spacial score (nSPS) is 11.1. The summed E-state index contributed by atoms with van der Waals surface area (Å²) in [7, 11) is 0. The summed E-state index contributed by atoms with van der Waals surface area (Å²) in [4.78, 5) is 16.8. The fourth-order valence-corrected chi connectivity index (χ4v) is 3.76. The van der Waals surface area contributed by atoms with Crippen molar-refractivity contribution >= 4 is 54.6 Å². The number of benzene rings is 2. The number of halogens is 1. The van der Waals surface area contributed by atoms with E-state index in [-0.39, 0.29) is 5.91 Å². The molecule has 0 radical (unpaired) electrons. The standard InChI is InChI=1S/C20H19BrN2O3S/c1-3-25-15-10-9-14(21)12-13(15)8-11-18(24)22-20-23-19-16(26-4-2)6-5-7-17(19)27-20/h5-12H,3-4H2,1-2H3,(H,22,23,24)/b11-8+. The van der Waals surface area contributed by atoms with Crippen molar-refractivity contribution in [3.8, 4) is 11.5 Å². The quantitative estimate of drug-likeness (QED) is 0.486.